The average molecular weight is 550 g/mol. The molecule has 2 amide bonds. The Kier molecular flexibility index (Phi) is 7.20. The number of fused-ring (bicyclic) bond motifs is 2. The van der Waals surface area contributed by atoms with Crippen molar-refractivity contribution in [3.05, 3.63) is 108 Å². The Balaban J connectivity index is 1.25. The summed E-state index contributed by atoms with van der Waals surface area (Å²) in [5.41, 5.74) is 3.47. The first kappa shape index (κ1) is 25.6. The molecule has 200 valence electrons. The monoisotopic (exact) mass is 549 g/mol. The Bertz CT molecular complexity index is 1710. The number of methoxy groups -OCH3 is 1. The number of carbonyl (C=O) groups excluding carboxylic acids is 2. The van der Waals surface area contributed by atoms with E-state index in [4.69, 9.17) is 4.74 Å². The van der Waals surface area contributed by atoms with Crippen LogP contribution < -0.4 is 15.0 Å². The third-order valence-corrected chi connectivity index (χ3v) is 7.89. The molecule has 0 atom stereocenters. The molecule has 40 heavy (non-hydrogen) atoms. The molecule has 1 aliphatic rings. The van der Waals surface area contributed by atoms with Crippen LogP contribution in [0.15, 0.2) is 96.2 Å². The smallest absolute Gasteiger partial charge is 0.252 e. The van der Waals surface area contributed by atoms with E-state index in [0.29, 0.717) is 28.8 Å². The molecule has 6 rings (SSSR count). The molecule has 4 aromatic carbocycles. The Labute approximate surface area is 236 Å². The predicted octanol–water partition coefficient (Wildman–Crippen LogP) is 5.04. The average Bonchev–Trinajstić information content (AvgIpc) is 3.62. The molecule has 9 heteroatoms. The van der Waals surface area contributed by atoms with Gasteiger partial charge in [0.1, 0.15) is 5.75 Å². The second-order valence-electron chi connectivity index (χ2n) is 9.33. The molecule has 0 saturated carbocycles. The maximum absolute atomic E-state index is 13.2. The minimum atomic E-state index is -0.205. The zero-order valence-corrected chi connectivity index (χ0v) is 22.7. The number of benzene rings is 4. The fraction of sp³-hybridized carbons (Fsp3) is 0.161. The molecule has 0 unspecified atom stereocenters. The first-order valence-electron chi connectivity index (χ1n) is 13.0. The quantitative estimate of drug-likeness (QED) is 0.273. The summed E-state index contributed by atoms with van der Waals surface area (Å²) < 4.78 is 7.47. The zero-order chi connectivity index (χ0) is 27.5. The summed E-state index contributed by atoms with van der Waals surface area (Å²) in [5, 5.41) is 14.2. The summed E-state index contributed by atoms with van der Waals surface area (Å²) in [5.74, 6) is 1.16. The van der Waals surface area contributed by atoms with Crippen LogP contribution in [0.5, 0.6) is 5.75 Å². The van der Waals surface area contributed by atoms with Gasteiger partial charge in [-0.2, -0.15) is 0 Å². The van der Waals surface area contributed by atoms with Crippen LogP contribution in [0, 0.1) is 0 Å². The number of carbonyl (C=O) groups is 2. The van der Waals surface area contributed by atoms with Crippen molar-refractivity contribution in [3.63, 3.8) is 0 Å². The highest BCUT2D eigenvalue weighted by Crippen LogP contribution is 2.31. The maximum atomic E-state index is 13.2. The van der Waals surface area contributed by atoms with Gasteiger partial charge in [-0.1, -0.05) is 78.5 Å². The van der Waals surface area contributed by atoms with Crippen LogP contribution in [0.1, 0.15) is 21.7 Å². The van der Waals surface area contributed by atoms with Gasteiger partial charge in [0, 0.05) is 17.8 Å². The number of aromatic nitrogens is 3. The third kappa shape index (κ3) is 4.91. The number of nitrogens with one attached hydrogen (secondary N) is 1. The van der Waals surface area contributed by atoms with Crippen LogP contribution in [0.2, 0.25) is 0 Å². The minimum absolute atomic E-state index is 0.00957. The van der Waals surface area contributed by atoms with E-state index in [1.165, 1.54) is 17.3 Å². The van der Waals surface area contributed by atoms with Crippen molar-refractivity contribution in [2.75, 3.05) is 24.3 Å². The predicted molar refractivity (Wildman–Crippen MR) is 156 cm³/mol. The molecule has 5 aromatic rings. The molecule has 0 saturated heterocycles. The number of nitrogens with zero attached hydrogens (tertiary/aromatic N) is 4. The van der Waals surface area contributed by atoms with Gasteiger partial charge in [0.15, 0.2) is 11.0 Å². The number of thioether (sulfide) groups is 1. The summed E-state index contributed by atoms with van der Waals surface area (Å²) in [4.78, 5) is 28.3. The Hall–Kier alpha value is -4.63. The molecule has 0 fully saturated rings. The van der Waals surface area contributed by atoms with Gasteiger partial charge >= 0.3 is 0 Å². The van der Waals surface area contributed by atoms with Gasteiger partial charge in [-0.3, -0.25) is 14.2 Å². The van der Waals surface area contributed by atoms with Gasteiger partial charge in [-0.15, -0.1) is 10.2 Å². The molecule has 0 spiro atoms. The molecule has 0 radical (unpaired) electrons. The molecule has 0 aliphatic carbocycles. The van der Waals surface area contributed by atoms with Crippen molar-refractivity contribution < 1.29 is 14.3 Å². The van der Waals surface area contributed by atoms with E-state index in [1.54, 1.807) is 7.11 Å². The van der Waals surface area contributed by atoms with Crippen molar-refractivity contribution in [3.8, 4) is 11.4 Å². The van der Waals surface area contributed by atoms with E-state index in [-0.39, 0.29) is 24.1 Å². The molecular formula is C31H27N5O3S. The van der Waals surface area contributed by atoms with Crippen LogP contribution in [-0.4, -0.2) is 46.0 Å². The SMILES string of the molecule is COc1ccccc1-n1c(CNC(=O)c2cccc3ccccc23)nnc1SCC(=O)N1CCc2ccccc21. The fourth-order valence-corrected chi connectivity index (χ4v) is 5.88. The van der Waals surface area contributed by atoms with Crippen LogP contribution >= 0.6 is 11.8 Å². The van der Waals surface area contributed by atoms with Crippen molar-refractivity contribution in [2.45, 2.75) is 18.1 Å². The molecule has 0 bridgehead atoms. The fourth-order valence-electron chi connectivity index (χ4n) is 5.04. The number of hydrogen-bond acceptors (Lipinski definition) is 6. The molecular weight excluding hydrogens is 522 g/mol. The number of amides is 2. The normalized spacial score (nSPS) is 12.4. The molecule has 8 nitrogen and oxygen atoms in total. The van der Waals surface area contributed by atoms with Crippen LogP contribution in [0.25, 0.3) is 16.5 Å². The molecule has 1 aromatic heterocycles. The lowest BCUT2D eigenvalue weighted by atomic mass is 10.0. The number of para-hydroxylation sites is 3. The van der Waals surface area contributed by atoms with E-state index < -0.39 is 0 Å². The molecule has 1 aliphatic heterocycles. The lowest BCUT2D eigenvalue weighted by Gasteiger charge is -2.17. The summed E-state index contributed by atoms with van der Waals surface area (Å²) in [6.07, 6.45) is 0.852. The molecule has 2 heterocycles. The van der Waals surface area contributed by atoms with Gasteiger partial charge in [0.2, 0.25) is 5.91 Å². The number of hydrogen-bond donors (Lipinski definition) is 1. The second-order valence-corrected chi connectivity index (χ2v) is 10.3. The van der Waals surface area contributed by atoms with Crippen LogP contribution in [0.3, 0.4) is 0 Å². The van der Waals surface area contributed by atoms with Gasteiger partial charge in [-0.05, 0) is 47.0 Å². The van der Waals surface area contributed by atoms with Crippen LogP contribution in [0.4, 0.5) is 5.69 Å². The third-order valence-electron chi connectivity index (χ3n) is 6.98. The topological polar surface area (TPSA) is 89.3 Å². The Morgan fingerprint density at radius 3 is 2.52 bits per heavy atom. The standard InChI is InChI=1S/C31H27N5O3S/c1-39-27-16-7-6-15-26(27)36-28(19-32-30(38)24-13-8-11-21-9-2-4-12-23(21)24)33-34-31(36)40-20-29(37)35-18-17-22-10-3-5-14-25(22)35/h2-16H,17-20H2,1H3,(H,32,38). The largest absolute Gasteiger partial charge is 0.495 e. The lowest BCUT2D eigenvalue weighted by Crippen LogP contribution is -2.30. The van der Waals surface area contributed by atoms with Crippen molar-refractivity contribution >= 4 is 40.0 Å². The Morgan fingerprint density at radius 2 is 1.65 bits per heavy atom. The van der Waals surface area contributed by atoms with Crippen LogP contribution in [-0.2, 0) is 17.8 Å². The lowest BCUT2D eigenvalue weighted by molar-refractivity contribution is -0.116. The number of rotatable bonds is 8. The van der Waals surface area contributed by atoms with Crippen molar-refractivity contribution in [1.29, 1.82) is 0 Å². The summed E-state index contributed by atoms with van der Waals surface area (Å²) >= 11 is 1.31. The summed E-state index contributed by atoms with van der Waals surface area (Å²) in [7, 11) is 1.60. The van der Waals surface area contributed by atoms with Gasteiger partial charge in [-0.25, -0.2) is 0 Å². The molecule has 1 N–H and O–H groups in total. The summed E-state index contributed by atoms with van der Waals surface area (Å²) in [6, 6.07) is 29.0. The van der Waals surface area contributed by atoms with E-state index in [1.807, 2.05) is 94.4 Å². The second kappa shape index (κ2) is 11.2. The van der Waals surface area contributed by atoms with Crippen molar-refractivity contribution in [2.24, 2.45) is 0 Å². The van der Waals surface area contributed by atoms with Gasteiger partial charge < -0.3 is 15.0 Å². The number of ether oxygens (including phenoxy) is 1. The van der Waals surface area contributed by atoms with Gasteiger partial charge in [0.25, 0.3) is 5.91 Å². The first-order valence-corrected chi connectivity index (χ1v) is 14.0. The highest BCUT2D eigenvalue weighted by atomic mass is 32.2. The van der Waals surface area contributed by atoms with Crippen molar-refractivity contribution in [1.82, 2.24) is 20.1 Å². The minimum Gasteiger partial charge on any atom is -0.495 e. The first-order chi connectivity index (χ1) is 19.6. The summed E-state index contributed by atoms with van der Waals surface area (Å²) in [6.45, 7) is 0.810. The van der Waals surface area contributed by atoms with E-state index in [9.17, 15) is 9.59 Å². The van der Waals surface area contributed by atoms with E-state index >= 15 is 0 Å². The highest BCUT2D eigenvalue weighted by Gasteiger charge is 2.26. The number of anilines is 1. The van der Waals surface area contributed by atoms with E-state index in [2.05, 4.69) is 21.6 Å². The van der Waals surface area contributed by atoms with E-state index in [0.717, 1.165) is 28.6 Å². The maximum Gasteiger partial charge on any atom is 0.252 e. The highest BCUT2D eigenvalue weighted by molar-refractivity contribution is 7.99. The van der Waals surface area contributed by atoms with Gasteiger partial charge in [0.05, 0.1) is 25.1 Å². The zero-order valence-electron chi connectivity index (χ0n) is 21.9. The Morgan fingerprint density at radius 1 is 0.900 bits per heavy atom.